The molecule has 0 aliphatic rings. The summed E-state index contributed by atoms with van der Waals surface area (Å²) in [5, 5.41) is 3.15. The molecule has 1 aromatic rings. The van der Waals surface area contributed by atoms with E-state index < -0.39 is 0 Å². The van der Waals surface area contributed by atoms with Crippen molar-refractivity contribution in [2.75, 3.05) is 13.1 Å². The summed E-state index contributed by atoms with van der Waals surface area (Å²) < 4.78 is 12.9. The van der Waals surface area contributed by atoms with Crippen LogP contribution >= 0.6 is 0 Å². The molecular formula is C11H15FN2. The molecule has 3 N–H and O–H groups in total. The summed E-state index contributed by atoms with van der Waals surface area (Å²) in [6, 6.07) is 6.45. The van der Waals surface area contributed by atoms with Crippen LogP contribution in [-0.2, 0) is 0 Å². The second-order valence-electron chi connectivity index (χ2n) is 3.04. The van der Waals surface area contributed by atoms with Crippen LogP contribution < -0.4 is 11.1 Å². The fourth-order valence-corrected chi connectivity index (χ4v) is 1.29. The van der Waals surface area contributed by atoms with Gasteiger partial charge in [-0.05, 0) is 17.7 Å². The summed E-state index contributed by atoms with van der Waals surface area (Å²) in [6.07, 6.45) is 1.75. The Balaban J connectivity index is 2.72. The molecule has 0 aliphatic carbocycles. The lowest BCUT2D eigenvalue weighted by molar-refractivity contribution is 0.567. The first-order chi connectivity index (χ1) is 6.77. The molecule has 0 radical (unpaired) electrons. The molecule has 0 saturated carbocycles. The highest BCUT2D eigenvalue weighted by atomic mass is 19.1. The molecule has 0 aliphatic heterocycles. The molecule has 1 atom stereocenters. The van der Waals surface area contributed by atoms with Crippen LogP contribution in [0.3, 0.4) is 0 Å². The standard InChI is InChI=1S/C11H15FN2/c1-2-6-14-11(8-13)9-4-3-5-10(12)7-9/h2-5,7,11,14H,1,6,8,13H2. The lowest BCUT2D eigenvalue weighted by atomic mass is 10.1. The SMILES string of the molecule is C=CCNC(CN)c1cccc(F)c1. The quantitative estimate of drug-likeness (QED) is 0.699. The van der Waals surface area contributed by atoms with Crippen molar-refractivity contribution in [1.82, 2.24) is 5.32 Å². The van der Waals surface area contributed by atoms with Gasteiger partial charge in [0.2, 0.25) is 0 Å². The van der Waals surface area contributed by atoms with Gasteiger partial charge in [-0.25, -0.2) is 4.39 Å². The Bertz CT molecular complexity index is 299. The fourth-order valence-electron chi connectivity index (χ4n) is 1.29. The number of hydrogen-bond donors (Lipinski definition) is 2. The zero-order valence-electron chi connectivity index (χ0n) is 8.04. The Morgan fingerprint density at radius 1 is 1.57 bits per heavy atom. The van der Waals surface area contributed by atoms with Gasteiger partial charge in [0, 0.05) is 19.1 Å². The summed E-state index contributed by atoms with van der Waals surface area (Å²) in [5.41, 5.74) is 6.45. The van der Waals surface area contributed by atoms with Gasteiger partial charge in [0.05, 0.1) is 0 Å². The maximum Gasteiger partial charge on any atom is 0.123 e. The summed E-state index contributed by atoms with van der Waals surface area (Å²) in [5.74, 6) is -0.235. The molecule has 0 saturated heterocycles. The number of benzene rings is 1. The van der Waals surface area contributed by atoms with Gasteiger partial charge >= 0.3 is 0 Å². The van der Waals surface area contributed by atoms with Gasteiger partial charge in [-0.2, -0.15) is 0 Å². The van der Waals surface area contributed by atoms with Crippen LogP contribution in [0.5, 0.6) is 0 Å². The number of halogens is 1. The van der Waals surface area contributed by atoms with Crippen LogP contribution in [0, 0.1) is 5.82 Å². The molecule has 1 rings (SSSR count). The summed E-state index contributed by atoms with van der Waals surface area (Å²) in [4.78, 5) is 0. The molecule has 14 heavy (non-hydrogen) atoms. The molecule has 1 aromatic carbocycles. The Morgan fingerprint density at radius 2 is 2.36 bits per heavy atom. The number of rotatable bonds is 5. The summed E-state index contributed by atoms with van der Waals surface area (Å²) in [6.45, 7) is 4.71. The van der Waals surface area contributed by atoms with Crippen molar-refractivity contribution in [2.24, 2.45) is 5.73 Å². The Morgan fingerprint density at radius 3 is 2.93 bits per heavy atom. The maximum atomic E-state index is 12.9. The zero-order chi connectivity index (χ0) is 10.4. The van der Waals surface area contributed by atoms with Crippen molar-refractivity contribution in [2.45, 2.75) is 6.04 Å². The van der Waals surface area contributed by atoms with E-state index in [2.05, 4.69) is 11.9 Å². The van der Waals surface area contributed by atoms with E-state index in [4.69, 9.17) is 5.73 Å². The molecule has 0 amide bonds. The highest BCUT2D eigenvalue weighted by Crippen LogP contribution is 2.12. The average molecular weight is 194 g/mol. The van der Waals surface area contributed by atoms with Crippen molar-refractivity contribution < 1.29 is 4.39 Å². The second-order valence-corrected chi connectivity index (χ2v) is 3.04. The molecule has 3 heteroatoms. The Kier molecular flexibility index (Phi) is 4.29. The third kappa shape index (κ3) is 2.94. The lowest BCUT2D eigenvalue weighted by Gasteiger charge is -2.15. The van der Waals surface area contributed by atoms with E-state index >= 15 is 0 Å². The van der Waals surface area contributed by atoms with Crippen LogP contribution in [0.25, 0.3) is 0 Å². The zero-order valence-corrected chi connectivity index (χ0v) is 8.04. The molecule has 0 bridgehead atoms. The van der Waals surface area contributed by atoms with Gasteiger partial charge in [-0.15, -0.1) is 6.58 Å². The minimum Gasteiger partial charge on any atom is -0.329 e. The first-order valence-electron chi connectivity index (χ1n) is 4.57. The predicted octanol–water partition coefficient (Wildman–Crippen LogP) is 1.60. The fraction of sp³-hybridized carbons (Fsp3) is 0.273. The van der Waals surface area contributed by atoms with Gasteiger partial charge in [0.1, 0.15) is 5.82 Å². The summed E-state index contributed by atoms with van der Waals surface area (Å²) >= 11 is 0. The van der Waals surface area contributed by atoms with Crippen LogP contribution in [0.4, 0.5) is 4.39 Å². The number of nitrogens with one attached hydrogen (secondary N) is 1. The van der Waals surface area contributed by atoms with Crippen molar-refractivity contribution in [3.8, 4) is 0 Å². The minimum atomic E-state index is -0.235. The van der Waals surface area contributed by atoms with Crippen LogP contribution in [0.1, 0.15) is 11.6 Å². The normalized spacial score (nSPS) is 12.4. The van der Waals surface area contributed by atoms with Gasteiger partial charge in [-0.1, -0.05) is 18.2 Å². The monoisotopic (exact) mass is 194 g/mol. The van der Waals surface area contributed by atoms with Crippen molar-refractivity contribution >= 4 is 0 Å². The van der Waals surface area contributed by atoms with E-state index in [1.54, 1.807) is 12.1 Å². The minimum absolute atomic E-state index is 0.0105. The molecule has 0 fully saturated rings. The molecule has 0 spiro atoms. The van der Waals surface area contributed by atoms with E-state index in [9.17, 15) is 4.39 Å². The first-order valence-corrected chi connectivity index (χ1v) is 4.57. The van der Waals surface area contributed by atoms with E-state index in [-0.39, 0.29) is 11.9 Å². The maximum absolute atomic E-state index is 12.9. The third-order valence-corrected chi connectivity index (χ3v) is 2.00. The van der Waals surface area contributed by atoms with Gasteiger partial charge in [0.25, 0.3) is 0 Å². The van der Waals surface area contributed by atoms with Crippen LogP contribution in [-0.4, -0.2) is 13.1 Å². The molecule has 0 heterocycles. The van der Waals surface area contributed by atoms with E-state index in [1.165, 1.54) is 12.1 Å². The molecule has 2 nitrogen and oxygen atoms in total. The van der Waals surface area contributed by atoms with Crippen LogP contribution in [0.2, 0.25) is 0 Å². The molecular weight excluding hydrogens is 179 g/mol. The average Bonchev–Trinajstić information content (AvgIpc) is 2.19. The second kappa shape index (κ2) is 5.52. The van der Waals surface area contributed by atoms with Crippen molar-refractivity contribution in [3.63, 3.8) is 0 Å². The number of hydrogen-bond acceptors (Lipinski definition) is 2. The third-order valence-electron chi connectivity index (χ3n) is 2.00. The van der Waals surface area contributed by atoms with Gasteiger partial charge in [0.15, 0.2) is 0 Å². The summed E-state index contributed by atoms with van der Waals surface area (Å²) in [7, 11) is 0. The lowest BCUT2D eigenvalue weighted by Crippen LogP contribution is -2.28. The topological polar surface area (TPSA) is 38.0 Å². The Labute approximate surface area is 83.6 Å². The van der Waals surface area contributed by atoms with Gasteiger partial charge < -0.3 is 11.1 Å². The first kappa shape index (κ1) is 10.9. The van der Waals surface area contributed by atoms with Crippen molar-refractivity contribution in [3.05, 3.63) is 48.3 Å². The highest BCUT2D eigenvalue weighted by molar-refractivity contribution is 5.20. The van der Waals surface area contributed by atoms with Crippen LogP contribution in [0.15, 0.2) is 36.9 Å². The smallest absolute Gasteiger partial charge is 0.123 e. The molecule has 1 unspecified atom stereocenters. The van der Waals surface area contributed by atoms with E-state index in [0.717, 1.165) is 5.56 Å². The predicted molar refractivity (Wildman–Crippen MR) is 56.4 cm³/mol. The Hall–Kier alpha value is -1.19. The van der Waals surface area contributed by atoms with Gasteiger partial charge in [-0.3, -0.25) is 0 Å². The highest BCUT2D eigenvalue weighted by Gasteiger charge is 2.07. The number of nitrogens with two attached hydrogens (primary N) is 1. The molecule has 76 valence electrons. The molecule has 0 aromatic heterocycles. The largest absolute Gasteiger partial charge is 0.329 e. The van der Waals surface area contributed by atoms with E-state index in [1.807, 2.05) is 6.07 Å². The van der Waals surface area contributed by atoms with Crippen molar-refractivity contribution in [1.29, 1.82) is 0 Å². The van der Waals surface area contributed by atoms with E-state index in [0.29, 0.717) is 13.1 Å².